The molecule has 0 aliphatic heterocycles. The molecular weight excluding hydrogens is 342 g/mol. The van der Waals surface area contributed by atoms with E-state index in [2.05, 4.69) is 21.0 Å². The number of nitrogens with two attached hydrogens (primary N) is 1. The molecule has 0 amide bonds. The first-order chi connectivity index (χ1) is 9.61. The second kappa shape index (κ2) is 7.22. The van der Waals surface area contributed by atoms with Gasteiger partial charge in [-0.3, -0.25) is 4.68 Å². The van der Waals surface area contributed by atoms with Crippen molar-refractivity contribution in [2.45, 2.75) is 19.0 Å². The Hall–Kier alpha value is -0.880. The van der Waals surface area contributed by atoms with Crippen molar-refractivity contribution in [3.8, 4) is 0 Å². The van der Waals surface area contributed by atoms with E-state index in [9.17, 15) is 0 Å². The van der Waals surface area contributed by atoms with E-state index < -0.39 is 0 Å². The van der Waals surface area contributed by atoms with Crippen LogP contribution >= 0.6 is 27.5 Å². The third-order valence-electron chi connectivity index (χ3n) is 3.04. The minimum Gasteiger partial charge on any atom is -0.383 e. The summed E-state index contributed by atoms with van der Waals surface area (Å²) in [7, 11) is 1.67. The zero-order chi connectivity index (χ0) is 14.5. The minimum atomic E-state index is -0.151. The zero-order valence-corrected chi connectivity index (χ0v) is 13.6. The Morgan fingerprint density at radius 2 is 2.30 bits per heavy atom. The van der Waals surface area contributed by atoms with E-state index in [1.165, 1.54) is 0 Å². The van der Waals surface area contributed by atoms with Crippen molar-refractivity contribution in [2.75, 3.05) is 13.7 Å². The molecule has 2 aromatic rings. The molecule has 0 saturated heterocycles. The lowest BCUT2D eigenvalue weighted by Crippen LogP contribution is -2.20. The van der Waals surface area contributed by atoms with E-state index in [1.54, 1.807) is 13.3 Å². The van der Waals surface area contributed by atoms with Crippen LogP contribution in [0.2, 0.25) is 5.02 Å². The van der Waals surface area contributed by atoms with Crippen LogP contribution in [0.15, 0.2) is 34.9 Å². The molecule has 2 N–H and O–H groups in total. The highest BCUT2D eigenvalue weighted by Crippen LogP contribution is 2.25. The number of methoxy groups -OCH3 is 1. The maximum Gasteiger partial charge on any atom is 0.0697 e. The van der Waals surface area contributed by atoms with Crippen LogP contribution in [0.25, 0.3) is 0 Å². The highest BCUT2D eigenvalue weighted by Gasteiger charge is 2.17. The van der Waals surface area contributed by atoms with Gasteiger partial charge in [0.1, 0.15) is 0 Å². The van der Waals surface area contributed by atoms with Gasteiger partial charge in [0.25, 0.3) is 0 Å². The Labute approximate surface area is 132 Å². The monoisotopic (exact) mass is 357 g/mol. The number of rotatable bonds is 6. The first-order valence-electron chi connectivity index (χ1n) is 6.32. The van der Waals surface area contributed by atoms with Gasteiger partial charge in [0, 0.05) is 12.1 Å². The largest absolute Gasteiger partial charge is 0.383 e. The number of halogens is 2. The number of hydrogen-bond acceptors (Lipinski definition) is 3. The Morgan fingerprint density at radius 1 is 1.50 bits per heavy atom. The smallest absolute Gasteiger partial charge is 0.0697 e. The van der Waals surface area contributed by atoms with Crippen LogP contribution in [0.3, 0.4) is 0 Å². The summed E-state index contributed by atoms with van der Waals surface area (Å²) >= 11 is 9.51. The molecule has 1 aromatic carbocycles. The third-order valence-corrected chi connectivity index (χ3v) is 3.88. The van der Waals surface area contributed by atoms with E-state index in [0.29, 0.717) is 19.6 Å². The Bertz CT molecular complexity index is 573. The number of benzene rings is 1. The van der Waals surface area contributed by atoms with Gasteiger partial charge in [-0.1, -0.05) is 23.7 Å². The van der Waals surface area contributed by atoms with Gasteiger partial charge in [0.05, 0.1) is 35.6 Å². The number of ether oxygens (including phenoxy) is 1. The highest BCUT2D eigenvalue weighted by atomic mass is 79.9. The molecule has 0 radical (unpaired) electrons. The average molecular weight is 359 g/mol. The van der Waals surface area contributed by atoms with Gasteiger partial charge in [-0.05, 0) is 40.0 Å². The fourth-order valence-corrected chi connectivity index (χ4v) is 2.91. The van der Waals surface area contributed by atoms with Crippen LogP contribution < -0.4 is 5.73 Å². The lowest BCUT2D eigenvalue weighted by atomic mass is 10.0. The van der Waals surface area contributed by atoms with Crippen LogP contribution in [-0.4, -0.2) is 23.5 Å². The summed E-state index contributed by atoms with van der Waals surface area (Å²) in [5.41, 5.74) is 8.40. The van der Waals surface area contributed by atoms with Gasteiger partial charge in [-0.2, -0.15) is 5.10 Å². The van der Waals surface area contributed by atoms with Crippen molar-refractivity contribution < 1.29 is 4.74 Å². The molecule has 20 heavy (non-hydrogen) atoms. The van der Waals surface area contributed by atoms with E-state index >= 15 is 0 Å². The summed E-state index contributed by atoms with van der Waals surface area (Å²) < 4.78 is 7.89. The van der Waals surface area contributed by atoms with Gasteiger partial charge in [0.15, 0.2) is 0 Å². The van der Waals surface area contributed by atoms with Gasteiger partial charge in [-0.25, -0.2) is 0 Å². The molecule has 2 rings (SSSR count). The molecule has 1 heterocycles. The summed E-state index contributed by atoms with van der Waals surface area (Å²) in [6.07, 6.45) is 2.47. The van der Waals surface area contributed by atoms with Crippen LogP contribution in [0, 0.1) is 0 Å². The molecule has 1 aromatic heterocycles. The van der Waals surface area contributed by atoms with E-state index in [0.717, 1.165) is 20.8 Å². The predicted octanol–water partition coefficient (Wildman–Crippen LogP) is 3.19. The van der Waals surface area contributed by atoms with E-state index in [-0.39, 0.29) is 6.04 Å². The van der Waals surface area contributed by atoms with E-state index in [4.69, 9.17) is 22.1 Å². The molecular formula is C14H17BrClN3O. The maximum absolute atomic E-state index is 6.32. The Morgan fingerprint density at radius 3 is 3.00 bits per heavy atom. The molecule has 0 fully saturated rings. The van der Waals surface area contributed by atoms with Gasteiger partial charge < -0.3 is 10.5 Å². The molecule has 1 atom stereocenters. The Balaban J connectivity index is 2.16. The highest BCUT2D eigenvalue weighted by molar-refractivity contribution is 9.10. The maximum atomic E-state index is 6.32. The summed E-state index contributed by atoms with van der Waals surface area (Å²) in [4.78, 5) is 0. The van der Waals surface area contributed by atoms with E-state index in [1.807, 2.05) is 28.9 Å². The lowest BCUT2D eigenvalue weighted by molar-refractivity contribution is 0.182. The molecule has 0 saturated carbocycles. The number of aromatic nitrogens is 2. The molecule has 0 bridgehead atoms. The first kappa shape index (κ1) is 15.5. The number of hydrogen-bond donors (Lipinski definition) is 1. The molecule has 0 spiro atoms. The van der Waals surface area contributed by atoms with Crippen molar-refractivity contribution in [3.63, 3.8) is 0 Å². The Kier molecular flexibility index (Phi) is 5.60. The SMILES string of the molecule is COCCn1ncc(Br)c1C(N)Cc1cccc(Cl)c1. The number of nitrogens with zero attached hydrogens (tertiary/aromatic N) is 2. The molecule has 1 unspecified atom stereocenters. The fraction of sp³-hybridized carbons (Fsp3) is 0.357. The fourth-order valence-electron chi connectivity index (χ4n) is 2.11. The summed E-state index contributed by atoms with van der Waals surface area (Å²) in [5, 5.41) is 5.04. The minimum absolute atomic E-state index is 0.151. The quantitative estimate of drug-likeness (QED) is 0.863. The van der Waals surface area contributed by atoms with Gasteiger partial charge >= 0.3 is 0 Å². The second-order valence-corrected chi connectivity index (χ2v) is 5.82. The molecule has 0 aliphatic carbocycles. The van der Waals surface area contributed by atoms with Crippen molar-refractivity contribution in [3.05, 3.63) is 51.2 Å². The molecule has 4 nitrogen and oxygen atoms in total. The normalized spacial score (nSPS) is 12.6. The van der Waals surface area contributed by atoms with Crippen molar-refractivity contribution >= 4 is 27.5 Å². The summed E-state index contributed by atoms with van der Waals surface area (Å²) in [6, 6.07) is 7.60. The van der Waals surface area contributed by atoms with Crippen molar-refractivity contribution in [1.82, 2.24) is 9.78 Å². The third kappa shape index (κ3) is 3.82. The van der Waals surface area contributed by atoms with Crippen molar-refractivity contribution in [2.24, 2.45) is 5.73 Å². The van der Waals surface area contributed by atoms with Crippen LogP contribution in [0.4, 0.5) is 0 Å². The molecule has 108 valence electrons. The second-order valence-electron chi connectivity index (χ2n) is 4.53. The van der Waals surface area contributed by atoms with Crippen LogP contribution in [-0.2, 0) is 17.7 Å². The van der Waals surface area contributed by atoms with Crippen molar-refractivity contribution in [1.29, 1.82) is 0 Å². The lowest BCUT2D eigenvalue weighted by Gasteiger charge is -2.15. The average Bonchev–Trinajstić information content (AvgIpc) is 2.77. The predicted molar refractivity (Wildman–Crippen MR) is 83.9 cm³/mol. The van der Waals surface area contributed by atoms with Gasteiger partial charge in [-0.15, -0.1) is 0 Å². The summed E-state index contributed by atoms with van der Waals surface area (Å²) in [5.74, 6) is 0. The van der Waals surface area contributed by atoms with Crippen LogP contribution in [0.1, 0.15) is 17.3 Å². The standard InChI is InChI=1S/C14H17BrClN3O/c1-20-6-5-19-14(12(15)9-18-19)13(17)8-10-3-2-4-11(16)7-10/h2-4,7,9,13H,5-6,8,17H2,1H3. The molecule has 6 heteroatoms. The van der Waals surface area contributed by atoms with Gasteiger partial charge in [0.2, 0.25) is 0 Å². The topological polar surface area (TPSA) is 53.1 Å². The molecule has 0 aliphatic rings. The summed E-state index contributed by atoms with van der Waals surface area (Å²) in [6.45, 7) is 1.28. The first-order valence-corrected chi connectivity index (χ1v) is 7.49. The zero-order valence-electron chi connectivity index (χ0n) is 11.2. The van der Waals surface area contributed by atoms with Crippen LogP contribution in [0.5, 0.6) is 0 Å².